The van der Waals surface area contributed by atoms with E-state index in [0.717, 1.165) is 0 Å². The van der Waals surface area contributed by atoms with Crippen LogP contribution < -0.4 is 0 Å². The molecular formula is C14H20. The fourth-order valence-corrected chi connectivity index (χ4v) is 1.64. The maximum Gasteiger partial charge on any atom is -0.00830 e. The predicted molar refractivity (Wildman–Crippen MR) is 61.2 cm³/mol. The van der Waals surface area contributed by atoms with E-state index in [-0.39, 0.29) is 0 Å². The maximum absolute atomic E-state index is 3.00. The number of hydrogen-bond donors (Lipinski definition) is 0. The summed E-state index contributed by atoms with van der Waals surface area (Å²) in [7, 11) is 0. The van der Waals surface area contributed by atoms with Crippen LogP contribution in [0.3, 0.4) is 0 Å². The highest BCUT2D eigenvalue weighted by molar-refractivity contribution is 5.09. The average molecular weight is 188 g/mol. The molecule has 0 saturated heterocycles. The van der Waals surface area contributed by atoms with Crippen LogP contribution in [0.5, 0.6) is 0 Å². The van der Waals surface area contributed by atoms with Crippen molar-refractivity contribution in [2.75, 3.05) is 0 Å². The van der Waals surface area contributed by atoms with Gasteiger partial charge in [-0.25, -0.2) is 0 Å². The third kappa shape index (κ3) is 4.92. The molecule has 0 aliphatic rings. The molecule has 0 N–H and O–H groups in total. The van der Waals surface area contributed by atoms with E-state index in [4.69, 9.17) is 0 Å². The highest BCUT2D eigenvalue weighted by Gasteiger charge is 1.92. The lowest BCUT2D eigenvalue weighted by Crippen LogP contribution is -1.84. The Morgan fingerprint density at radius 1 is 1.00 bits per heavy atom. The largest absolute Gasteiger partial charge is 0.0702 e. The molecule has 0 saturated carbocycles. The van der Waals surface area contributed by atoms with Crippen molar-refractivity contribution in [1.29, 1.82) is 0 Å². The Balaban J connectivity index is 1.99. The zero-order chi connectivity index (χ0) is 10.1. The summed E-state index contributed by atoms with van der Waals surface area (Å²) in [5.41, 5.74) is 1.40. The minimum absolute atomic E-state index is 1.21. The lowest BCUT2D eigenvalue weighted by Gasteiger charge is -2.00. The van der Waals surface area contributed by atoms with Crippen LogP contribution in [0.4, 0.5) is 0 Å². The van der Waals surface area contributed by atoms with Crippen molar-refractivity contribution < 1.29 is 0 Å². The monoisotopic (exact) mass is 188 g/mol. The Morgan fingerprint density at radius 3 is 2.50 bits per heavy atom. The molecule has 1 rings (SSSR count). The molecule has 0 fully saturated rings. The van der Waals surface area contributed by atoms with Gasteiger partial charge in [0.2, 0.25) is 0 Å². The van der Waals surface area contributed by atoms with Gasteiger partial charge >= 0.3 is 0 Å². The zero-order valence-corrected chi connectivity index (χ0v) is 9.18. The van der Waals surface area contributed by atoms with E-state index in [1.807, 2.05) is 12.1 Å². The molecular weight excluding hydrogens is 168 g/mol. The van der Waals surface area contributed by atoms with Crippen molar-refractivity contribution in [3.8, 4) is 0 Å². The fraction of sp³-hybridized carbons (Fsp3) is 0.571. The first-order valence-electron chi connectivity index (χ1n) is 5.80. The van der Waals surface area contributed by atoms with Crippen molar-refractivity contribution in [2.45, 2.75) is 51.9 Å². The molecule has 0 atom stereocenters. The van der Waals surface area contributed by atoms with Gasteiger partial charge in [0.1, 0.15) is 0 Å². The molecule has 1 aromatic carbocycles. The van der Waals surface area contributed by atoms with Gasteiger partial charge in [0, 0.05) is 0 Å². The van der Waals surface area contributed by atoms with E-state index in [9.17, 15) is 0 Å². The first-order valence-corrected chi connectivity index (χ1v) is 5.80. The minimum atomic E-state index is 1.21. The summed E-state index contributed by atoms with van der Waals surface area (Å²) in [6.45, 7) is 2.26. The quantitative estimate of drug-likeness (QED) is 0.563. The Hall–Kier alpha value is -0.960. The lowest BCUT2D eigenvalue weighted by molar-refractivity contribution is 0.607. The first kappa shape index (κ1) is 11.1. The molecule has 14 heavy (non-hydrogen) atoms. The molecule has 0 aliphatic carbocycles. The molecule has 0 aromatic heterocycles. The smallest absolute Gasteiger partial charge is 0.00830 e. The van der Waals surface area contributed by atoms with Gasteiger partial charge in [0.05, 0.1) is 0 Å². The molecule has 0 amide bonds. The molecule has 0 aliphatic heterocycles. The van der Waals surface area contributed by atoms with Gasteiger partial charge in [-0.1, -0.05) is 57.2 Å². The van der Waals surface area contributed by atoms with Crippen LogP contribution in [0.15, 0.2) is 18.2 Å². The van der Waals surface area contributed by atoms with E-state index in [2.05, 4.69) is 25.1 Å². The van der Waals surface area contributed by atoms with Gasteiger partial charge in [-0.05, 0) is 30.5 Å². The van der Waals surface area contributed by atoms with Crippen LogP contribution in [0.25, 0.3) is 0 Å². The second-order valence-corrected chi connectivity index (χ2v) is 3.86. The van der Waals surface area contributed by atoms with Crippen molar-refractivity contribution in [3.63, 3.8) is 0 Å². The van der Waals surface area contributed by atoms with Crippen LogP contribution in [0.2, 0.25) is 0 Å². The fourth-order valence-electron chi connectivity index (χ4n) is 1.64. The van der Waals surface area contributed by atoms with Crippen LogP contribution in [0, 0.1) is 12.1 Å². The zero-order valence-electron chi connectivity index (χ0n) is 9.18. The van der Waals surface area contributed by atoms with Crippen molar-refractivity contribution in [3.05, 3.63) is 35.9 Å². The molecule has 0 unspecified atom stereocenters. The summed E-state index contributed by atoms with van der Waals surface area (Å²) >= 11 is 0. The number of unbranched alkanes of at least 4 members (excludes halogenated alkanes) is 5. The second-order valence-electron chi connectivity index (χ2n) is 3.86. The SMILES string of the molecule is CCCCCCCCc1cc#ccc1. The highest BCUT2D eigenvalue weighted by Crippen LogP contribution is 2.08. The van der Waals surface area contributed by atoms with Gasteiger partial charge in [-0.15, -0.1) is 0 Å². The number of rotatable bonds is 7. The van der Waals surface area contributed by atoms with Gasteiger partial charge in [-0.3, -0.25) is 0 Å². The summed E-state index contributed by atoms with van der Waals surface area (Å²) < 4.78 is 0. The summed E-state index contributed by atoms with van der Waals surface area (Å²) in [5, 5.41) is 0. The molecule has 0 spiro atoms. The van der Waals surface area contributed by atoms with Crippen molar-refractivity contribution in [1.82, 2.24) is 0 Å². The molecule has 76 valence electrons. The van der Waals surface area contributed by atoms with Gasteiger partial charge < -0.3 is 0 Å². The van der Waals surface area contributed by atoms with E-state index < -0.39 is 0 Å². The summed E-state index contributed by atoms with van der Waals surface area (Å²) in [4.78, 5) is 0. The third-order valence-electron chi connectivity index (χ3n) is 2.54. The van der Waals surface area contributed by atoms with Gasteiger partial charge in [-0.2, -0.15) is 0 Å². The number of aryl methyl sites for hydroxylation is 1. The summed E-state index contributed by atoms with van der Waals surface area (Å²) in [6.07, 6.45) is 9.44. The van der Waals surface area contributed by atoms with Crippen LogP contribution in [-0.4, -0.2) is 0 Å². The molecule has 0 nitrogen and oxygen atoms in total. The maximum atomic E-state index is 3.00. The first-order chi connectivity index (χ1) is 6.93. The van der Waals surface area contributed by atoms with Crippen molar-refractivity contribution in [2.24, 2.45) is 0 Å². The van der Waals surface area contributed by atoms with Crippen LogP contribution >= 0.6 is 0 Å². The third-order valence-corrected chi connectivity index (χ3v) is 2.54. The van der Waals surface area contributed by atoms with E-state index in [1.165, 1.54) is 50.5 Å². The van der Waals surface area contributed by atoms with Crippen LogP contribution in [0.1, 0.15) is 51.0 Å². The van der Waals surface area contributed by atoms with Gasteiger partial charge in [0.15, 0.2) is 0 Å². The molecule has 0 bridgehead atoms. The Morgan fingerprint density at radius 2 is 1.79 bits per heavy atom. The normalized spacial score (nSPS) is 9.79. The summed E-state index contributed by atoms with van der Waals surface area (Å²) in [6, 6.07) is 12.1. The Bertz CT molecular complexity index is 213. The summed E-state index contributed by atoms with van der Waals surface area (Å²) in [5.74, 6) is 0. The topological polar surface area (TPSA) is 0 Å². The van der Waals surface area contributed by atoms with E-state index in [1.54, 1.807) is 0 Å². The van der Waals surface area contributed by atoms with E-state index in [0.29, 0.717) is 0 Å². The molecule has 1 aromatic rings. The second kappa shape index (κ2) is 7.44. The Labute approximate surface area is 88.4 Å². The predicted octanol–water partition coefficient (Wildman–Crippen LogP) is 4.19. The average Bonchev–Trinajstić information content (AvgIpc) is 2.25. The standard InChI is InChI=1S/C14H20/c1-2-3-4-5-6-8-11-14-12-9-7-10-13-14/h9,12-13H,2-6,8,11H2,1H3. The lowest BCUT2D eigenvalue weighted by atomic mass is 10.1. The highest BCUT2D eigenvalue weighted by atomic mass is 14.0. The van der Waals surface area contributed by atoms with Gasteiger partial charge in [0.25, 0.3) is 0 Å². The van der Waals surface area contributed by atoms with Crippen molar-refractivity contribution >= 4 is 0 Å². The Kier molecular flexibility index (Phi) is 5.91. The molecule has 0 radical (unpaired) electrons. The van der Waals surface area contributed by atoms with Crippen LogP contribution in [-0.2, 0) is 6.42 Å². The van der Waals surface area contributed by atoms with E-state index >= 15 is 0 Å². The minimum Gasteiger partial charge on any atom is -0.0702 e. The number of hydrogen-bond acceptors (Lipinski definition) is 0. The molecule has 0 heterocycles. The molecule has 0 heteroatoms.